The van der Waals surface area contributed by atoms with Crippen LogP contribution in [-0.4, -0.2) is 12.4 Å². The van der Waals surface area contributed by atoms with E-state index in [2.05, 4.69) is 47.1 Å². The highest BCUT2D eigenvalue weighted by Crippen LogP contribution is 2.41. The Morgan fingerprint density at radius 2 is 1.76 bits per heavy atom. The number of unbranched alkanes of at least 4 members (excludes halogenated alkanes) is 3. The van der Waals surface area contributed by atoms with E-state index in [1.54, 1.807) is 19.2 Å². The van der Waals surface area contributed by atoms with Crippen LogP contribution >= 0.6 is 27.7 Å². The highest BCUT2D eigenvalue weighted by Gasteiger charge is 2.16. The van der Waals surface area contributed by atoms with Crippen LogP contribution in [-0.2, 0) is 5.11 Å². The maximum absolute atomic E-state index is 12.1. The lowest BCUT2D eigenvalue weighted by Gasteiger charge is -2.18. The van der Waals surface area contributed by atoms with Crippen molar-refractivity contribution in [1.82, 2.24) is 0 Å². The van der Waals surface area contributed by atoms with E-state index in [1.807, 2.05) is 17.8 Å². The van der Waals surface area contributed by atoms with E-state index < -0.39 is 0 Å². The van der Waals surface area contributed by atoms with Gasteiger partial charge in [-0.15, -0.1) is 11.8 Å². The van der Waals surface area contributed by atoms with Crippen LogP contribution in [0.15, 0.2) is 47.4 Å². The molecule has 0 N–H and O–H groups in total. The summed E-state index contributed by atoms with van der Waals surface area (Å²) in [5.41, 5.74) is 2.36. The summed E-state index contributed by atoms with van der Waals surface area (Å²) in [6.07, 6.45) is 5.96. The van der Waals surface area contributed by atoms with Crippen molar-refractivity contribution in [2.45, 2.75) is 49.2 Å². The molecule has 25 heavy (non-hydrogen) atoms. The van der Waals surface area contributed by atoms with Crippen molar-refractivity contribution in [2.75, 3.05) is 12.4 Å². The topological polar surface area (TPSA) is 29.1 Å². The van der Waals surface area contributed by atoms with Gasteiger partial charge in [0.25, 0.3) is 0 Å². The number of thioether (sulfide) groups is 1. The number of aryl methyl sites for hydroxylation is 1. The van der Waals surface area contributed by atoms with Gasteiger partial charge in [-0.25, -0.2) is 0 Å². The summed E-state index contributed by atoms with van der Waals surface area (Å²) in [7, 11) is 1.54. The van der Waals surface area contributed by atoms with Gasteiger partial charge in [-0.1, -0.05) is 59.0 Å². The second-order valence-corrected chi connectivity index (χ2v) is 8.29. The Morgan fingerprint density at radius 3 is 2.40 bits per heavy atom. The normalized spacial score (nSPS) is 12.1. The Bertz CT molecular complexity index is 643. The number of hydrogen-bond acceptors (Lipinski definition) is 2. The zero-order valence-electron chi connectivity index (χ0n) is 15.0. The summed E-state index contributed by atoms with van der Waals surface area (Å²) < 4.78 is 5.11. The van der Waals surface area contributed by atoms with Gasteiger partial charge in [0.2, 0.25) is 5.75 Å². The molecule has 4 heteroatoms. The molecule has 0 aliphatic rings. The molecule has 135 valence electrons. The summed E-state index contributed by atoms with van der Waals surface area (Å²) in [6, 6.07) is 14.2. The van der Waals surface area contributed by atoms with Crippen LogP contribution < -0.4 is 4.74 Å². The Hall–Kier alpha value is -1.13. The minimum absolute atomic E-state index is 0.0335. The first kappa shape index (κ1) is 20.2. The van der Waals surface area contributed by atoms with E-state index in [4.69, 9.17) is 4.74 Å². The van der Waals surface area contributed by atoms with Gasteiger partial charge in [-0.05, 0) is 49.6 Å². The molecule has 2 nitrogen and oxygen atoms in total. The van der Waals surface area contributed by atoms with E-state index in [9.17, 15) is 5.11 Å². The third kappa shape index (κ3) is 6.59. The molecular weight excluding hydrogens is 396 g/mol. The summed E-state index contributed by atoms with van der Waals surface area (Å²) in [5, 5.41) is 13.5. The highest BCUT2D eigenvalue weighted by molar-refractivity contribution is 9.09. The highest BCUT2D eigenvalue weighted by atomic mass is 79.9. The molecule has 1 radical (unpaired) electrons. The molecule has 1 atom stereocenters. The van der Waals surface area contributed by atoms with E-state index in [0.29, 0.717) is 11.0 Å². The predicted molar refractivity (Wildman–Crippen MR) is 110 cm³/mol. The van der Waals surface area contributed by atoms with Crippen LogP contribution in [0.25, 0.3) is 0 Å². The van der Waals surface area contributed by atoms with Crippen LogP contribution in [0.2, 0.25) is 0 Å². The zero-order chi connectivity index (χ0) is 18.1. The molecule has 0 spiro atoms. The Morgan fingerprint density at radius 1 is 1.04 bits per heavy atom. The predicted octanol–water partition coefficient (Wildman–Crippen LogP) is 7.33. The molecule has 0 saturated heterocycles. The van der Waals surface area contributed by atoms with Gasteiger partial charge in [-0.3, -0.25) is 5.11 Å². The lowest BCUT2D eigenvalue weighted by molar-refractivity contribution is 0.315. The largest absolute Gasteiger partial charge is 0.493 e. The molecule has 0 fully saturated rings. The summed E-state index contributed by atoms with van der Waals surface area (Å²) >= 11 is 5.34. The van der Waals surface area contributed by atoms with Crippen molar-refractivity contribution < 1.29 is 9.84 Å². The lowest BCUT2D eigenvalue weighted by atomic mass is 10.0. The third-order valence-electron chi connectivity index (χ3n) is 4.21. The van der Waals surface area contributed by atoms with Crippen LogP contribution in [0.5, 0.6) is 11.5 Å². The molecule has 0 aliphatic heterocycles. The van der Waals surface area contributed by atoms with Crippen LogP contribution in [0, 0.1) is 6.92 Å². The van der Waals surface area contributed by atoms with Crippen molar-refractivity contribution in [1.29, 1.82) is 0 Å². The minimum Gasteiger partial charge on any atom is -0.493 e. The molecule has 0 saturated carbocycles. The van der Waals surface area contributed by atoms with Crippen LogP contribution in [0.1, 0.15) is 48.5 Å². The van der Waals surface area contributed by atoms with Crippen molar-refractivity contribution in [3.8, 4) is 11.5 Å². The first-order chi connectivity index (χ1) is 12.1. The van der Waals surface area contributed by atoms with Crippen LogP contribution in [0.3, 0.4) is 0 Å². The Labute approximate surface area is 164 Å². The van der Waals surface area contributed by atoms with Gasteiger partial charge in [0, 0.05) is 15.5 Å². The summed E-state index contributed by atoms with van der Waals surface area (Å²) in [5.74, 6) is 0.383. The number of hydrogen-bond donors (Lipinski definition) is 0. The summed E-state index contributed by atoms with van der Waals surface area (Å²) in [4.78, 5) is 1.25. The number of benzene rings is 2. The van der Waals surface area contributed by atoms with Gasteiger partial charge < -0.3 is 4.74 Å². The van der Waals surface area contributed by atoms with Crippen molar-refractivity contribution in [3.63, 3.8) is 0 Å². The SMILES string of the molecule is COc1ccc(C(CCCCCCBr)Sc2ccc(C)cc2)cc1[O]. The molecule has 2 aromatic carbocycles. The van der Waals surface area contributed by atoms with Gasteiger partial charge in [0.05, 0.1) is 7.11 Å². The fraction of sp³-hybridized carbons (Fsp3) is 0.429. The first-order valence-corrected chi connectivity index (χ1v) is 10.8. The Kier molecular flexibility index (Phi) is 8.70. The smallest absolute Gasteiger partial charge is 0.220 e. The zero-order valence-corrected chi connectivity index (χ0v) is 17.4. The van der Waals surface area contributed by atoms with Crippen molar-refractivity contribution in [3.05, 3.63) is 53.6 Å². The monoisotopic (exact) mass is 421 g/mol. The summed E-state index contributed by atoms with van der Waals surface area (Å²) in [6.45, 7) is 2.10. The van der Waals surface area contributed by atoms with Crippen molar-refractivity contribution in [2.24, 2.45) is 0 Å². The first-order valence-electron chi connectivity index (χ1n) is 8.78. The second-order valence-electron chi connectivity index (χ2n) is 6.22. The maximum atomic E-state index is 12.1. The number of methoxy groups -OCH3 is 1. The van der Waals surface area contributed by atoms with E-state index >= 15 is 0 Å². The average Bonchev–Trinajstić information content (AvgIpc) is 2.62. The molecule has 0 bridgehead atoms. The molecule has 2 rings (SSSR count). The quantitative estimate of drug-likeness (QED) is 0.228. The number of ether oxygens (including phenoxy) is 1. The van der Waals surface area contributed by atoms with Gasteiger partial charge in [0.15, 0.2) is 5.75 Å². The van der Waals surface area contributed by atoms with Crippen molar-refractivity contribution >= 4 is 27.7 Å². The van der Waals surface area contributed by atoms with Gasteiger partial charge in [0.1, 0.15) is 0 Å². The fourth-order valence-electron chi connectivity index (χ4n) is 2.75. The number of rotatable bonds is 10. The molecule has 0 aliphatic carbocycles. The lowest BCUT2D eigenvalue weighted by Crippen LogP contribution is -1.96. The standard InChI is InChI=1S/C21H26BrO2S/c1-16-8-11-18(12-9-16)25-21(7-5-3-4-6-14-22)17-10-13-20(24-2)19(23)15-17/h8-13,15,21H,3-7,14H2,1-2H3. The molecule has 0 heterocycles. The van der Waals surface area contributed by atoms with E-state index in [0.717, 1.165) is 17.3 Å². The molecular formula is C21H26BrO2S. The Balaban J connectivity index is 2.10. The minimum atomic E-state index is -0.0335. The fourth-order valence-corrected chi connectivity index (χ4v) is 4.33. The second kappa shape index (κ2) is 10.8. The van der Waals surface area contributed by atoms with Crippen LogP contribution in [0.4, 0.5) is 0 Å². The molecule has 0 amide bonds. The molecule has 0 aromatic heterocycles. The van der Waals surface area contributed by atoms with E-state index in [-0.39, 0.29) is 5.75 Å². The number of alkyl halides is 1. The molecule has 1 unspecified atom stereocenters. The van der Waals surface area contributed by atoms with Gasteiger partial charge in [-0.2, -0.15) is 0 Å². The third-order valence-corrected chi connectivity index (χ3v) is 6.11. The van der Waals surface area contributed by atoms with E-state index in [1.165, 1.54) is 36.1 Å². The number of halogens is 1. The molecule has 2 aromatic rings. The van der Waals surface area contributed by atoms with Gasteiger partial charge >= 0.3 is 0 Å². The maximum Gasteiger partial charge on any atom is 0.220 e. The average molecular weight is 422 g/mol.